The van der Waals surface area contributed by atoms with E-state index in [-0.39, 0.29) is 6.42 Å². The highest BCUT2D eigenvalue weighted by molar-refractivity contribution is 8.08. The normalized spacial score (nSPS) is 24.9. The SMILES string of the molecule is CCCCCCCCCCCCCCCCCC(=O)OC[C@H](F)C1O[C@@H](OP(=O)(O)OP(O)(=S)OC[C@H]2O[C@@H](n3cnc4c(NC(c5ccccc5)(c5ccccc5)c5ccccc5)ncnc43)C3OC(C)(C)O[C@H]32)C(OC(C)=O)[C@@H](C)[C@@H]1C. The molecule has 3 aliphatic rings. The summed E-state index contributed by atoms with van der Waals surface area (Å²) in [4.78, 5) is 61.7. The van der Waals surface area contributed by atoms with Crippen molar-refractivity contribution < 1.29 is 70.1 Å². The molecule has 0 aliphatic carbocycles. The Kier molecular flexibility index (Phi) is 23.6. The summed E-state index contributed by atoms with van der Waals surface area (Å²) in [5.74, 6) is -3.41. The zero-order valence-electron chi connectivity index (χ0n) is 49.1. The molecule has 12 atom stereocenters. The molecule has 3 N–H and O–H groups in total. The number of hydrogen-bond acceptors (Lipinski definition) is 17. The van der Waals surface area contributed by atoms with Crippen molar-refractivity contribution in [1.29, 1.82) is 0 Å². The smallest absolute Gasteiger partial charge is 0.462 e. The van der Waals surface area contributed by atoms with Crippen LogP contribution in [0, 0.1) is 11.8 Å². The van der Waals surface area contributed by atoms with Crippen LogP contribution in [0.2, 0.25) is 0 Å². The summed E-state index contributed by atoms with van der Waals surface area (Å²) >= 11 is 5.26. The van der Waals surface area contributed by atoms with Crippen molar-refractivity contribution in [2.24, 2.45) is 11.8 Å². The number of ether oxygens (including phenoxy) is 6. The van der Waals surface area contributed by atoms with E-state index in [1.54, 1.807) is 38.6 Å². The number of hydrogen-bond donors (Lipinski definition) is 3. The van der Waals surface area contributed by atoms with E-state index in [1.165, 1.54) is 77.0 Å². The molecule has 3 aliphatic heterocycles. The largest absolute Gasteiger partial charge is 0.481 e. The van der Waals surface area contributed by atoms with Crippen molar-refractivity contribution in [1.82, 2.24) is 19.5 Å². The number of nitrogens with zero attached hydrogens (tertiary/aromatic N) is 4. The van der Waals surface area contributed by atoms with Crippen molar-refractivity contribution >= 4 is 55.3 Å². The number of benzene rings is 3. The highest BCUT2D eigenvalue weighted by Crippen LogP contribution is 2.62. The molecule has 0 spiro atoms. The molecule has 2 aromatic heterocycles. The highest BCUT2D eigenvalue weighted by Gasteiger charge is 2.57. The molecule has 84 heavy (non-hydrogen) atoms. The van der Waals surface area contributed by atoms with Crippen LogP contribution in [-0.2, 0) is 73.3 Å². The maximum Gasteiger partial charge on any atom is 0.481 e. The number of carbonyl (C=O) groups is 2. The van der Waals surface area contributed by atoms with E-state index in [1.807, 2.05) is 54.6 Å². The number of rotatable bonds is 33. The van der Waals surface area contributed by atoms with Crippen molar-refractivity contribution in [3.05, 3.63) is 120 Å². The average molecular weight is 1220 g/mol. The molecular formula is C61H84FN5O14P2S. The second kappa shape index (κ2) is 30.3. The molecule has 8 rings (SSSR count). The third-order valence-electron chi connectivity index (χ3n) is 16.0. The van der Waals surface area contributed by atoms with Crippen LogP contribution in [0.25, 0.3) is 11.2 Å². The third-order valence-corrected chi connectivity index (χ3v) is 19.5. The van der Waals surface area contributed by atoms with Crippen LogP contribution in [0.5, 0.6) is 0 Å². The fourth-order valence-corrected chi connectivity index (χ4v) is 14.7. The van der Waals surface area contributed by atoms with Crippen LogP contribution in [0.3, 0.4) is 0 Å². The minimum Gasteiger partial charge on any atom is -0.462 e. The third kappa shape index (κ3) is 17.1. The first-order valence-corrected chi connectivity index (χ1v) is 33.9. The van der Waals surface area contributed by atoms with E-state index in [2.05, 4.69) is 53.6 Å². The van der Waals surface area contributed by atoms with Gasteiger partial charge in [0.2, 0.25) is 6.29 Å². The van der Waals surface area contributed by atoms with Gasteiger partial charge in [0.05, 0.1) is 19.0 Å². The van der Waals surface area contributed by atoms with Gasteiger partial charge in [-0.25, -0.2) is 28.2 Å². The standard InChI is InChI=1S/C61H84FN5O14P2S/c1-7-8-9-10-11-12-13-14-15-16-17-18-19-20-30-37-50(69)73-38-48(62)52-42(2)43(3)53(75-44(4)68)59(77-52)80-82(70,71)81-83(72,84)74-39-49-54-55(79-60(5,6)78-54)58(76-49)67-41-65-51-56(63-40-64-57(51)67)66-61(45-31-24-21-25-32-45,46-33-26-22-27-34-46)47-35-28-23-29-36-47/h21-29,31-36,40-43,48-49,52-55,58-59H,7-20,30,37-39H2,1-6H3,(H,70,71)(H,72,84)(H,63,64,66)/t42-,43-,48-,49+,52?,53?,54-,55?,58+,59-,83?/m0/s1. The molecule has 5 aromatic rings. The number of carbonyl (C=O) groups excluding carboxylic acids is 2. The van der Waals surface area contributed by atoms with E-state index < -0.39 is 112 Å². The number of alkyl halides is 1. The summed E-state index contributed by atoms with van der Waals surface area (Å²) in [5, 5.41) is 3.78. The Morgan fingerprint density at radius 2 is 1.31 bits per heavy atom. The summed E-state index contributed by atoms with van der Waals surface area (Å²) in [7, 11) is -5.48. The zero-order chi connectivity index (χ0) is 59.9. The second-order valence-electron chi connectivity index (χ2n) is 22.7. The molecule has 0 bridgehead atoms. The van der Waals surface area contributed by atoms with E-state index in [9.17, 15) is 23.9 Å². The Hall–Kier alpha value is -4.60. The molecule has 3 saturated heterocycles. The summed E-state index contributed by atoms with van der Waals surface area (Å²) < 4.78 is 83.7. The van der Waals surface area contributed by atoms with E-state index in [0.29, 0.717) is 23.4 Å². The van der Waals surface area contributed by atoms with E-state index >= 15 is 4.39 Å². The fraction of sp³-hybridized carbons (Fsp3) is 0.590. The molecule has 0 amide bonds. The molecule has 0 saturated carbocycles. The van der Waals surface area contributed by atoms with Crippen LogP contribution in [-0.4, -0.2) is 103 Å². The molecule has 23 heteroatoms. The lowest BCUT2D eigenvalue weighted by Gasteiger charge is -2.44. The van der Waals surface area contributed by atoms with Gasteiger partial charge in [-0.05, 0) is 54.7 Å². The van der Waals surface area contributed by atoms with Gasteiger partial charge in [0.1, 0.15) is 36.8 Å². The van der Waals surface area contributed by atoms with Crippen molar-refractivity contribution in [2.75, 3.05) is 18.5 Å². The number of phosphoric ester groups is 1. The molecule has 19 nitrogen and oxygen atoms in total. The number of fused-ring (bicyclic) bond motifs is 2. The molecule has 3 fully saturated rings. The Bertz CT molecular complexity index is 2870. The van der Waals surface area contributed by atoms with Gasteiger partial charge < -0.3 is 48.0 Å². The Morgan fingerprint density at radius 3 is 1.86 bits per heavy atom. The Labute approximate surface area is 498 Å². The van der Waals surface area contributed by atoms with E-state index in [4.69, 9.17) is 63.6 Å². The quantitative estimate of drug-likeness (QED) is 0.0153. The van der Waals surface area contributed by atoms with Gasteiger partial charge in [-0.3, -0.25) is 18.7 Å². The Morgan fingerprint density at radius 1 is 0.774 bits per heavy atom. The van der Waals surface area contributed by atoms with Gasteiger partial charge in [0.15, 0.2) is 41.3 Å². The van der Waals surface area contributed by atoms with Gasteiger partial charge in [-0.15, -0.1) is 0 Å². The molecule has 5 heterocycles. The Balaban J connectivity index is 0.869. The maximum atomic E-state index is 16.1. The van der Waals surface area contributed by atoms with Gasteiger partial charge in [-0.2, -0.15) is 0 Å². The van der Waals surface area contributed by atoms with Crippen molar-refractivity contribution in [3.63, 3.8) is 0 Å². The van der Waals surface area contributed by atoms with Crippen molar-refractivity contribution in [3.8, 4) is 0 Å². The number of esters is 2. The minimum absolute atomic E-state index is 0.133. The average Bonchev–Trinajstić information content (AvgIpc) is 1.69. The molecular weight excluding hydrogens is 1140 g/mol. The summed E-state index contributed by atoms with van der Waals surface area (Å²) in [5.41, 5.74) is 2.70. The predicted octanol–water partition coefficient (Wildman–Crippen LogP) is 13.1. The first-order valence-electron chi connectivity index (χ1n) is 29.8. The number of halogens is 1. The van der Waals surface area contributed by atoms with Gasteiger partial charge >= 0.3 is 26.5 Å². The number of phosphoric acid groups is 1. The lowest BCUT2D eigenvalue weighted by Crippen LogP contribution is -2.55. The minimum atomic E-state index is -5.48. The number of anilines is 1. The van der Waals surface area contributed by atoms with Crippen LogP contribution in [0.4, 0.5) is 10.2 Å². The zero-order valence-corrected chi connectivity index (χ0v) is 51.7. The number of imidazole rings is 1. The molecule has 0 radical (unpaired) electrons. The highest BCUT2D eigenvalue weighted by atomic mass is 32.5. The number of nitrogens with one attached hydrogen (secondary N) is 1. The molecule has 3 aromatic carbocycles. The van der Waals surface area contributed by atoms with Crippen LogP contribution < -0.4 is 5.32 Å². The predicted molar refractivity (Wildman–Crippen MR) is 318 cm³/mol. The lowest BCUT2D eigenvalue weighted by atomic mass is 9.77. The van der Waals surface area contributed by atoms with Crippen LogP contribution >= 0.6 is 14.5 Å². The monoisotopic (exact) mass is 1220 g/mol. The number of unbranched alkanes of at least 4 members (excludes halogenated alkanes) is 14. The molecule has 5 unspecified atom stereocenters. The first kappa shape index (κ1) is 65.4. The van der Waals surface area contributed by atoms with Crippen molar-refractivity contribution in [2.45, 2.75) is 205 Å². The number of aromatic nitrogens is 4. The molecule has 460 valence electrons. The maximum absolute atomic E-state index is 16.1. The fourth-order valence-electron chi connectivity index (χ4n) is 11.6. The van der Waals surface area contributed by atoms with E-state index in [0.717, 1.165) is 42.9 Å². The lowest BCUT2D eigenvalue weighted by molar-refractivity contribution is -0.262. The summed E-state index contributed by atoms with van der Waals surface area (Å²) in [6.07, 6.45) is 10.8. The van der Waals surface area contributed by atoms with Gasteiger partial charge in [0, 0.05) is 19.3 Å². The first-order chi connectivity index (χ1) is 40.3. The van der Waals surface area contributed by atoms with Crippen LogP contribution in [0.1, 0.15) is 167 Å². The summed E-state index contributed by atoms with van der Waals surface area (Å²) in [6, 6.07) is 30.1. The topological polar surface area (TPSA) is 230 Å². The van der Waals surface area contributed by atoms with Gasteiger partial charge in [0.25, 0.3) is 0 Å². The summed E-state index contributed by atoms with van der Waals surface area (Å²) in [6.45, 7) is 4.22. The second-order valence-corrected chi connectivity index (χ2v) is 27.1. The van der Waals surface area contributed by atoms with Crippen LogP contribution in [0.15, 0.2) is 104 Å². The van der Waals surface area contributed by atoms with Gasteiger partial charge in [-0.1, -0.05) is 202 Å².